The summed E-state index contributed by atoms with van der Waals surface area (Å²) in [5, 5.41) is 3.28. The van der Waals surface area contributed by atoms with Gasteiger partial charge in [-0.1, -0.05) is 6.42 Å². The quantitative estimate of drug-likeness (QED) is 0.428. The van der Waals surface area contributed by atoms with Gasteiger partial charge in [-0.25, -0.2) is 14.8 Å². The van der Waals surface area contributed by atoms with E-state index >= 15 is 0 Å². The maximum atomic E-state index is 12.9. The van der Waals surface area contributed by atoms with Crippen molar-refractivity contribution < 1.29 is 27.5 Å². The second-order valence-corrected chi connectivity index (χ2v) is 9.43. The number of carbonyl (C=O) groups is 2. The molecule has 0 fully saturated rings. The van der Waals surface area contributed by atoms with Gasteiger partial charge in [0.05, 0.1) is 23.7 Å². The van der Waals surface area contributed by atoms with Crippen LogP contribution in [0.5, 0.6) is 0 Å². The molecule has 2 aromatic rings. The summed E-state index contributed by atoms with van der Waals surface area (Å²) >= 11 is 2.51. The number of esters is 1. The number of halogens is 3. The van der Waals surface area contributed by atoms with E-state index < -0.39 is 17.8 Å². The van der Waals surface area contributed by atoms with Crippen molar-refractivity contribution in [3.05, 3.63) is 39.3 Å². The van der Waals surface area contributed by atoms with Crippen LogP contribution >= 0.6 is 23.1 Å². The van der Waals surface area contributed by atoms with Gasteiger partial charge in [-0.2, -0.15) is 13.2 Å². The summed E-state index contributed by atoms with van der Waals surface area (Å²) < 4.78 is 44.0. The lowest BCUT2D eigenvalue weighted by atomic mass is 10.1. The summed E-state index contributed by atoms with van der Waals surface area (Å²) in [4.78, 5) is 33.7. The summed E-state index contributed by atoms with van der Waals surface area (Å²) in [5.74, 6) is -0.721. The molecule has 0 saturated carbocycles. The zero-order chi connectivity index (χ0) is 23.3. The van der Waals surface area contributed by atoms with Crippen molar-refractivity contribution in [3.63, 3.8) is 0 Å². The molecular weight excluding hydrogens is 463 g/mol. The van der Waals surface area contributed by atoms with E-state index in [1.807, 2.05) is 0 Å². The van der Waals surface area contributed by atoms with Crippen LogP contribution in [0.4, 0.5) is 18.2 Å². The second-order valence-electron chi connectivity index (χ2n) is 7.34. The summed E-state index contributed by atoms with van der Waals surface area (Å²) in [6.07, 6.45) is 0.204. The van der Waals surface area contributed by atoms with Crippen molar-refractivity contribution in [1.29, 1.82) is 0 Å². The first kappa shape index (κ1) is 24.5. The van der Waals surface area contributed by atoms with Crippen molar-refractivity contribution in [2.45, 2.75) is 57.9 Å². The van der Waals surface area contributed by atoms with Gasteiger partial charge >= 0.3 is 12.1 Å². The molecule has 2 aromatic heterocycles. The van der Waals surface area contributed by atoms with E-state index in [0.717, 1.165) is 60.4 Å². The molecule has 0 unspecified atom stereocenters. The maximum Gasteiger partial charge on any atom is 0.433 e. The number of hydrogen-bond donors (Lipinski definition) is 1. The van der Waals surface area contributed by atoms with E-state index in [1.54, 1.807) is 6.92 Å². The molecular formula is C21H24F3N3O3S2. The minimum Gasteiger partial charge on any atom is -0.462 e. The van der Waals surface area contributed by atoms with Gasteiger partial charge in [-0.15, -0.1) is 23.1 Å². The Hall–Kier alpha value is -2.14. The number of alkyl halides is 3. The zero-order valence-corrected chi connectivity index (χ0v) is 19.4. The summed E-state index contributed by atoms with van der Waals surface area (Å²) in [5.41, 5.74) is 0.612. The standard InChI is InChI=1S/C21H24F3N3O3S2/c1-3-30-20(29)18-13-7-5-4-6-8-14(13)32-19(18)27-17(28)11-31-10-16-25-12(2)9-15(26-16)21(22,23)24/h9H,3-8,10-11H2,1-2H3,(H,27,28). The number of aromatic nitrogens is 2. The number of nitrogens with one attached hydrogen (secondary N) is 1. The lowest BCUT2D eigenvalue weighted by Gasteiger charge is -2.09. The molecule has 1 aliphatic carbocycles. The van der Waals surface area contributed by atoms with Crippen LogP contribution in [0.15, 0.2) is 6.07 Å². The number of ether oxygens (including phenoxy) is 1. The fourth-order valence-electron chi connectivity index (χ4n) is 3.49. The fraction of sp³-hybridized carbons (Fsp3) is 0.524. The number of amides is 1. The number of aryl methyl sites for hydroxylation is 2. The molecule has 0 spiro atoms. The predicted molar refractivity (Wildman–Crippen MR) is 118 cm³/mol. The van der Waals surface area contributed by atoms with Gasteiger partial charge in [0.15, 0.2) is 0 Å². The van der Waals surface area contributed by atoms with Crippen LogP contribution in [0.1, 0.15) is 64.2 Å². The van der Waals surface area contributed by atoms with E-state index in [1.165, 1.54) is 18.3 Å². The third kappa shape index (κ3) is 6.22. The van der Waals surface area contributed by atoms with Crippen molar-refractivity contribution in [1.82, 2.24) is 9.97 Å². The van der Waals surface area contributed by atoms with Crippen LogP contribution in [0.3, 0.4) is 0 Å². The number of fused-ring (bicyclic) bond motifs is 1. The number of thiophene rings is 1. The van der Waals surface area contributed by atoms with Gasteiger partial charge in [-0.05, 0) is 51.2 Å². The number of carbonyl (C=O) groups excluding carboxylic acids is 2. The molecule has 11 heteroatoms. The Morgan fingerprint density at radius 2 is 1.97 bits per heavy atom. The number of thioether (sulfide) groups is 1. The smallest absolute Gasteiger partial charge is 0.433 e. The Bertz CT molecular complexity index is 993. The highest BCUT2D eigenvalue weighted by atomic mass is 32.2. The highest BCUT2D eigenvalue weighted by Gasteiger charge is 2.33. The molecule has 2 heterocycles. The zero-order valence-electron chi connectivity index (χ0n) is 17.8. The largest absolute Gasteiger partial charge is 0.462 e. The summed E-state index contributed by atoms with van der Waals surface area (Å²) in [7, 11) is 0. The maximum absolute atomic E-state index is 12.9. The fourth-order valence-corrected chi connectivity index (χ4v) is 5.45. The van der Waals surface area contributed by atoms with Crippen LogP contribution in [0.25, 0.3) is 0 Å². The first-order valence-electron chi connectivity index (χ1n) is 10.3. The van der Waals surface area contributed by atoms with E-state index in [2.05, 4.69) is 15.3 Å². The first-order chi connectivity index (χ1) is 15.2. The van der Waals surface area contributed by atoms with E-state index in [0.29, 0.717) is 10.6 Å². The average molecular weight is 488 g/mol. The number of anilines is 1. The average Bonchev–Trinajstić information content (AvgIpc) is 2.87. The van der Waals surface area contributed by atoms with Gasteiger partial charge in [0.1, 0.15) is 16.5 Å². The van der Waals surface area contributed by atoms with Crippen LogP contribution in [-0.2, 0) is 34.3 Å². The molecule has 0 bridgehead atoms. The molecule has 6 nitrogen and oxygen atoms in total. The van der Waals surface area contributed by atoms with Crippen LogP contribution in [0, 0.1) is 6.92 Å². The summed E-state index contributed by atoms with van der Waals surface area (Å²) in [6.45, 7) is 3.44. The van der Waals surface area contributed by atoms with Crippen LogP contribution in [0.2, 0.25) is 0 Å². The van der Waals surface area contributed by atoms with Crippen molar-refractivity contribution >= 4 is 40.0 Å². The number of nitrogens with zero attached hydrogens (tertiary/aromatic N) is 2. The molecule has 1 amide bonds. The molecule has 1 N–H and O–H groups in total. The minimum atomic E-state index is -4.55. The van der Waals surface area contributed by atoms with Crippen molar-refractivity contribution in [2.75, 3.05) is 17.7 Å². The monoisotopic (exact) mass is 487 g/mol. The second kappa shape index (κ2) is 10.7. The Labute approximate surface area is 192 Å². The van der Waals surface area contributed by atoms with E-state index in [4.69, 9.17) is 4.74 Å². The topological polar surface area (TPSA) is 81.2 Å². The number of rotatable bonds is 7. The van der Waals surface area contributed by atoms with E-state index in [9.17, 15) is 22.8 Å². The Balaban J connectivity index is 1.67. The molecule has 0 saturated heterocycles. The lowest BCUT2D eigenvalue weighted by Crippen LogP contribution is -2.17. The predicted octanol–water partition coefficient (Wildman–Crippen LogP) is 5.18. The molecule has 174 valence electrons. The lowest BCUT2D eigenvalue weighted by molar-refractivity contribution is -0.141. The van der Waals surface area contributed by atoms with Gasteiger partial charge in [-0.3, -0.25) is 4.79 Å². The van der Waals surface area contributed by atoms with Crippen molar-refractivity contribution in [2.24, 2.45) is 0 Å². The van der Waals surface area contributed by atoms with E-state index in [-0.39, 0.29) is 35.5 Å². The summed E-state index contributed by atoms with van der Waals surface area (Å²) in [6, 6.07) is 0.887. The highest BCUT2D eigenvalue weighted by Crippen LogP contribution is 2.38. The first-order valence-corrected chi connectivity index (χ1v) is 12.3. The van der Waals surface area contributed by atoms with Crippen LogP contribution < -0.4 is 5.32 Å². The Kier molecular flexibility index (Phi) is 8.16. The van der Waals surface area contributed by atoms with Gasteiger partial charge in [0.2, 0.25) is 5.91 Å². The minimum absolute atomic E-state index is 0.0104. The van der Waals surface area contributed by atoms with Crippen LogP contribution in [-0.4, -0.2) is 34.2 Å². The molecule has 0 aromatic carbocycles. The van der Waals surface area contributed by atoms with Gasteiger partial charge < -0.3 is 10.1 Å². The third-order valence-electron chi connectivity index (χ3n) is 4.81. The molecule has 1 aliphatic rings. The van der Waals surface area contributed by atoms with Gasteiger partial charge in [0.25, 0.3) is 0 Å². The highest BCUT2D eigenvalue weighted by molar-refractivity contribution is 7.99. The molecule has 0 atom stereocenters. The Morgan fingerprint density at radius 1 is 1.22 bits per heavy atom. The number of hydrogen-bond acceptors (Lipinski definition) is 7. The normalized spacial score (nSPS) is 13.9. The molecule has 32 heavy (non-hydrogen) atoms. The van der Waals surface area contributed by atoms with Gasteiger partial charge in [0, 0.05) is 10.6 Å². The SMILES string of the molecule is CCOC(=O)c1c(NC(=O)CSCc2nc(C)cc(C(F)(F)F)n2)sc2c1CCCCC2. The molecule has 3 rings (SSSR count). The third-order valence-corrected chi connectivity index (χ3v) is 6.94. The molecule has 0 aliphatic heterocycles. The van der Waals surface area contributed by atoms with Crippen molar-refractivity contribution in [3.8, 4) is 0 Å². The Morgan fingerprint density at radius 3 is 2.69 bits per heavy atom. The molecule has 0 radical (unpaired) electrons.